The first-order chi connectivity index (χ1) is 8.16. The molecule has 2 rings (SSSR count). The molecule has 0 saturated heterocycles. The first-order valence-corrected chi connectivity index (χ1v) is 5.50. The molecular weight excluding hydrogens is 242 g/mol. The number of nitrogens with zero attached hydrogens (tertiary/aromatic N) is 3. The minimum atomic E-state index is -1.11. The van der Waals surface area contributed by atoms with Crippen LogP contribution in [0.1, 0.15) is 11.7 Å². The van der Waals surface area contributed by atoms with Crippen LogP contribution in [-0.4, -0.2) is 26.0 Å². The van der Waals surface area contributed by atoms with Crippen LogP contribution >= 0.6 is 11.3 Å². The van der Waals surface area contributed by atoms with Gasteiger partial charge in [-0.1, -0.05) is 0 Å². The number of carbonyl (C=O) groups is 1. The number of rotatable bonds is 4. The quantitative estimate of drug-likeness (QED) is 0.734. The molecular formula is C9H9N5O2S. The van der Waals surface area contributed by atoms with Crippen LogP contribution in [0, 0.1) is 0 Å². The van der Waals surface area contributed by atoms with Gasteiger partial charge in [-0.3, -0.25) is 4.79 Å². The van der Waals surface area contributed by atoms with Crippen LogP contribution in [0.5, 0.6) is 0 Å². The van der Waals surface area contributed by atoms with Gasteiger partial charge in [0, 0.05) is 5.38 Å². The predicted octanol–water partition coefficient (Wildman–Crippen LogP) is 0.761. The average molecular weight is 251 g/mol. The molecule has 17 heavy (non-hydrogen) atoms. The van der Waals surface area contributed by atoms with Crippen molar-refractivity contribution in [2.45, 2.75) is 6.04 Å². The molecule has 2 heterocycles. The fourth-order valence-electron chi connectivity index (χ4n) is 1.10. The van der Waals surface area contributed by atoms with E-state index < -0.39 is 12.0 Å². The second kappa shape index (κ2) is 4.85. The van der Waals surface area contributed by atoms with Crippen molar-refractivity contribution in [1.82, 2.24) is 15.0 Å². The number of nitrogens with two attached hydrogens (primary N) is 1. The number of aliphatic carboxylic acids is 1. The van der Waals surface area contributed by atoms with E-state index in [1.54, 1.807) is 17.8 Å². The van der Waals surface area contributed by atoms with E-state index in [1.807, 2.05) is 0 Å². The molecule has 2 aromatic rings. The topological polar surface area (TPSA) is 114 Å². The van der Waals surface area contributed by atoms with Crippen LogP contribution in [0.3, 0.4) is 0 Å². The summed E-state index contributed by atoms with van der Waals surface area (Å²) in [5.41, 5.74) is 6.44. The summed E-state index contributed by atoms with van der Waals surface area (Å²) in [7, 11) is 0. The predicted molar refractivity (Wildman–Crippen MR) is 62.0 cm³/mol. The molecule has 2 aromatic heterocycles. The van der Waals surface area contributed by atoms with Crippen LogP contribution in [0.2, 0.25) is 0 Å². The molecule has 0 saturated carbocycles. The van der Waals surface area contributed by atoms with Gasteiger partial charge in [0.05, 0.1) is 23.8 Å². The number of carboxylic acids is 1. The minimum Gasteiger partial charge on any atom is -0.480 e. The van der Waals surface area contributed by atoms with E-state index in [0.717, 1.165) is 0 Å². The molecule has 4 N–H and O–H groups in total. The Labute approximate surface area is 100 Å². The van der Waals surface area contributed by atoms with Crippen molar-refractivity contribution in [2.75, 3.05) is 5.32 Å². The smallest absolute Gasteiger partial charge is 0.326 e. The van der Waals surface area contributed by atoms with Gasteiger partial charge in [-0.15, -0.1) is 11.3 Å². The number of hydrogen-bond donors (Lipinski definition) is 3. The highest BCUT2D eigenvalue weighted by Crippen LogP contribution is 2.22. The number of thiazole rings is 1. The summed E-state index contributed by atoms with van der Waals surface area (Å²) in [6.45, 7) is 0. The molecule has 0 aliphatic carbocycles. The standard InChI is InChI=1S/C9H9N5O2S/c10-7(8(15)16)6-3-17-9(14-6)13-5-1-11-4-12-2-5/h1-4,7H,10H2,(H,13,14)(H,15,16). The zero-order valence-corrected chi connectivity index (χ0v) is 9.39. The molecule has 1 atom stereocenters. The summed E-state index contributed by atoms with van der Waals surface area (Å²) in [6.07, 6.45) is 4.59. The SMILES string of the molecule is NC(C(=O)O)c1csc(Nc2cncnc2)n1. The van der Waals surface area contributed by atoms with Crippen molar-refractivity contribution in [3.05, 3.63) is 29.8 Å². The van der Waals surface area contributed by atoms with E-state index in [2.05, 4.69) is 20.3 Å². The van der Waals surface area contributed by atoms with Crippen LogP contribution in [0.25, 0.3) is 0 Å². The van der Waals surface area contributed by atoms with Gasteiger partial charge in [0.1, 0.15) is 12.4 Å². The summed E-state index contributed by atoms with van der Waals surface area (Å²) in [5.74, 6) is -1.11. The Morgan fingerprint density at radius 3 is 2.82 bits per heavy atom. The number of aromatic nitrogens is 3. The molecule has 0 spiro atoms. The second-order valence-electron chi connectivity index (χ2n) is 3.15. The zero-order chi connectivity index (χ0) is 12.3. The van der Waals surface area contributed by atoms with Crippen molar-refractivity contribution < 1.29 is 9.90 Å². The maximum atomic E-state index is 10.7. The Morgan fingerprint density at radius 1 is 1.47 bits per heavy atom. The van der Waals surface area contributed by atoms with Gasteiger partial charge in [0.2, 0.25) is 0 Å². The van der Waals surface area contributed by atoms with E-state index in [4.69, 9.17) is 10.8 Å². The van der Waals surface area contributed by atoms with Crippen LogP contribution in [0.15, 0.2) is 24.1 Å². The molecule has 0 aliphatic heterocycles. The van der Waals surface area contributed by atoms with Crippen LogP contribution in [-0.2, 0) is 4.79 Å². The van der Waals surface area contributed by atoms with Crippen molar-refractivity contribution in [3.8, 4) is 0 Å². The first-order valence-electron chi connectivity index (χ1n) is 4.62. The number of anilines is 2. The van der Waals surface area contributed by atoms with Gasteiger partial charge in [-0.25, -0.2) is 15.0 Å². The lowest BCUT2D eigenvalue weighted by atomic mass is 10.2. The van der Waals surface area contributed by atoms with E-state index >= 15 is 0 Å². The highest BCUT2D eigenvalue weighted by molar-refractivity contribution is 7.13. The van der Waals surface area contributed by atoms with E-state index in [9.17, 15) is 4.79 Å². The Balaban J connectivity index is 2.11. The lowest BCUT2D eigenvalue weighted by molar-refractivity contribution is -0.138. The van der Waals surface area contributed by atoms with Gasteiger partial charge in [0.15, 0.2) is 5.13 Å². The first kappa shape index (κ1) is 11.4. The Hall–Kier alpha value is -2.06. The molecule has 0 bridgehead atoms. The third kappa shape index (κ3) is 2.74. The Kier molecular flexibility index (Phi) is 3.26. The lowest BCUT2D eigenvalue weighted by Crippen LogP contribution is -2.20. The van der Waals surface area contributed by atoms with Gasteiger partial charge in [0.25, 0.3) is 0 Å². The Morgan fingerprint density at radius 2 is 2.18 bits per heavy atom. The summed E-state index contributed by atoms with van der Waals surface area (Å²) in [6, 6.07) is -1.10. The maximum Gasteiger partial charge on any atom is 0.326 e. The molecule has 0 amide bonds. The number of hydrogen-bond acceptors (Lipinski definition) is 7. The minimum absolute atomic E-state index is 0.321. The Bertz CT molecular complexity index is 515. The van der Waals surface area contributed by atoms with Crippen molar-refractivity contribution in [1.29, 1.82) is 0 Å². The van der Waals surface area contributed by atoms with Crippen molar-refractivity contribution in [2.24, 2.45) is 5.73 Å². The zero-order valence-electron chi connectivity index (χ0n) is 8.57. The molecule has 8 heteroatoms. The fourth-order valence-corrected chi connectivity index (χ4v) is 1.87. The van der Waals surface area contributed by atoms with E-state index in [0.29, 0.717) is 16.5 Å². The van der Waals surface area contributed by atoms with Crippen LogP contribution in [0.4, 0.5) is 10.8 Å². The summed E-state index contributed by atoms with van der Waals surface area (Å²) >= 11 is 1.27. The highest BCUT2D eigenvalue weighted by Gasteiger charge is 2.17. The van der Waals surface area contributed by atoms with E-state index in [1.165, 1.54) is 17.7 Å². The molecule has 1 unspecified atom stereocenters. The van der Waals surface area contributed by atoms with Gasteiger partial charge < -0.3 is 16.2 Å². The number of carboxylic acid groups (broad SMARTS) is 1. The highest BCUT2D eigenvalue weighted by atomic mass is 32.1. The average Bonchev–Trinajstić information content (AvgIpc) is 2.77. The third-order valence-electron chi connectivity index (χ3n) is 1.92. The summed E-state index contributed by atoms with van der Waals surface area (Å²) in [5, 5.41) is 13.8. The molecule has 88 valence electrons. The lowest BCUT2D eigenvalue weighted by Gasteiger charge is -2.01. The second-order valence-corrected chi connectivity index (χ2v) is 4.00. The molecule has 0 radical (unpaired) electrons. The monoisotopic (exact) mass is 251 g/mol. The maximum absolute atomic E-state index is 10.7. The van der Waals surface area contributed by atoms with Crippen molar-refractivity contribution in [3.63, 3.8) is 0 Å². The van der Waals surface area contributed by atoms with Gasteiger partial charge in [-0.2, -0.15) is 0 Å². The molecule has 0 fully saturated rings. The van der Waals surface area contributed by atoms with Gasteiger partial charge >= 0.3 is 5.97 Å². The van der Waals surface area contributed by atoms with Crippen molar-refractivity contribution >= 4 is 28.1 Å². The normalized spacial score (nSPS) is 12.1. The molecule has 0 aromatic carbocycles. The largest absolute Gasteiger partial charge is 0.480 e. The van der Waals surface area contributed by atoms with Gasteiger partial charge in [-0.05, 0) is 0 Å². The van der Waals surface area contributed by atoms with E-state index in [-0.39, 0.29) is 0 Å². The summed E-state index contributed by atoms with van der Waals surface area (Å²) in [4.78, 5) is 22.4. The molecule has 0 aliphatic rings. The molecule has 7 nitrogen and oxygen atoms in total. The number of nitrogens with one attached hydrogen (secondary N) is 1. The van der Waals surface area contributed by atoms with Crippen LogP contribution < -0.4 is 11.1 Å². The third-order valence-corrected chi connectivity index (χ3v) is 2.69. The summed E-state index contributed by atoms with van der Waals surface area (Å²) < 4.78 is 0. The fraction of sp³-hybridized carbons (Fsp3) is 0.111.